The monoisotopic (exact) mass is 403 g/mol. The fourth-order valence-corrected chi connectivity index (χ4v) is 5.32. The maximum absolute atomic E-state index is 4.61. The number of piperidine rings is 1. The third kappa shape index (κ3) is 4.00. The van der Waals surface area contributed by atoms with Crippen molar-refractivity contribution in [3.63, 3.8) is 0 Å². The molecular formula is C27H37N3. The molecule has 1 atom stereocenters. The second-order valence-electron chi connectivity index (χ2n) is 9.17. The van der Waals surface area contributed by atoms with E-state index in [0.717, 1.165) is 24.2 Å². The summed E-state index contributed by atoms with van der Waals surface area (Å²) in [4.78, 5) is 2.67. The summed E-state index contributed by atoms with van der Waals surface area (Å²) in [5, 5.41) is 3.13. The number of likely N-dealkylation sites (tertiary alicyclic amines) is 1. The molecule has 1 aliphatic heterocycles. The summed E-state index contributed by atoms with van der Waals surface area (Å²) < 4.78 is 2.54. The number of hydrogen-bond acceptors (Lipinski definition) is 2. The van der Waals surface area contributed by atoms with Crippen LogP contribution >= 0.6 is 0 Å². The molecule has 2 aromatic rings. The van der Waals surface area contributed by atoms with Crippen LogP contribution in [0.3, 0.4) is 0 Å². The minimum atomic E-state index is 0.608. The maximum atomic E-state index is 4.61. The minimum Gasteiger partial charge on any atom is -0.388 e. The van der Waals surface area contributed by atoms with Crippen molar-refractivity contribution in [1.82, 2.24) is 14.8 Å². The lowest BCUT2D eigenvalue weighted by molar-refractivity contribution is 0.207. The quantitative estimate of drug-likeness (QED) is 0.696. The molecule has 2 heterocycles. The standard InChI is InChI=1S/C27H37N3/c1-19-22(4)30(17-23-9-11-24(12-10-23)21(3)28-5)26-14-13-25(20(2)27(19)26)18-29-15-7-6-8-16-29/h9-12,25,28H,2-3,6-8,13-18H2,1,4-5H3. The van der Waals surface area contributed by atoms with E-state index in [4.69, 9.17) is 0 Å². The Kier molecular flexibility index (Phi) is 6.19. The Labute approximate surface area is 182 Å². The molecule has 0 radical (unpaired) electrons. The van der Waals surface area contributed by atoms with Crippen LogP contribution in [0.4, 0.5) is 0 Å². The Bertz CT molecular complexity index is 926. The van der Waals surface area contributed by atoms with Crippen molar-refractivity contribution in [1.29, 1.82) is 0 Å². The Hall–Kier alpha value is -2.26. The lowest BCUT2D eigenvalue weighted by Gasteiger charge is -2.34. The summed E-state index contributed by atoms with van der Waals surface area (Å²) in [7, 11) is 1.92. The number of nitrogens with zero attached hydrogens (tertiary/aromatic N) is 2. The molecule has 1 aliphatic carbocycles. The zero-order chi connectivity index (χ0) is 21.3. The van der Waals surface area contributed by atoms with Crippen LogP contribution in [0.25, 0.3) is 11.3 Å². The van der Waals surface area contributed by atoms with Crippen LogP contribution < -0.4 is 5.32 Å². The number of rotatable bonds is 6. The van der Waals surface area contributed by atoms with Crippen molar-refractivity contribution >= 4 is 11.3 Å². The van der Waals surface area contributed by atoms with Gasteiger partial charge in [0.25, 0.3) is 0 Å². The third-order valence-corrected chi connectivity index (χ3v) is 7.35. The molecular weight excluding hydrogens is 366 g/mol. The molecule has 1 N–H and O–H groups in total. The van der Waals surface area contributed by atoms with Crippen LogP contribution in [-0.4, -0.2) is 36.1 Å². The zero-order valence-corrected chi connectivity index (χ0v) is 19.1. The predicted octanol–water partition coefficient (Wildman–Crippen LogP) is 5.40. The van der Waals surface area contributed by atoms with E-state index in [0.29, 0.717) is 5.92 Å². The first-order chi connectivity index (χ1) is 14.5. The van der Waals surface area contributed by atoms with E-state index in [1.165, 1.54) is 79.0 Å². The van der Waals surface area contributed by atoms with Gasteiger partial charge in [-0.25, -0.2) is 0 Å². The molecule has 0 saturated carbocycles. The van der Waals surface area contributed by atoms with Gasteiger partial charge in [-0.1, -0.05) is 43.8 Å². The molecule has 4 rings (SSSR count). The second-order valence-corrected chi connectivity index (χ2v) is 9.17. The average molecular weight is 404 g/mol. The van der Waals surface area contributed by atoms with Gasteiger partial charge in [-0.2, -0.15) is 0 Å². The Balaban J connectivity index is 1.54. The SMILES string of the molecule is C=C(NC)c1ccc(Cn2c(C)c(C)c3c2CCC(CN2CCCCC2)C3=C)cc1. The molecule has 1 aromatic heterocycles. The van der Waals surface area contributed by atoms with Gasteiger partial charge >= 0.3 is 0 Å². The highest BCUT2D eigenvalue weighted by molar-refractivity contribution is 5.73. The highest BCUT2D eigenvalue weighted by Gasteiger charge is 2.30. The van der Waals surface area contributed by atoms with E-state index < -0.39 is 0 Å². The van der Waals surface area contributed by atoms with Crippen LogP contribution in [-0.2, 0) is 13.0 Å². The van der Waals surface area contributed by atoms with Gasteiger partial charge in [-0.3, -0.25) is 0 Å². The van der Waals surface area contributed by atoms with Crippen molar-refractivity contribution in [3.05, 3.63) is 71.1 Å². The predicted molar refractivity (Wildman–Crippen MR) is 129 cm³/mol. The maximum Gasteiger partial charge on any atom is 0.0475 e. The summed E-state index contributed by atoms with van der Waals surface area (Å²) in [5.41, 5.74) is 10.6. The van der Waals surface area contributed by atoms with Gasteiger partial charge in [0, 0.05) is 42.8 Å². The Morgan fingerprint density at radius 2 is 1.80 bits per heavy atom. The van der Waals surface area contributed by atoms with E-state index in [1.54, 1.807) is 0 Å². The normalized spacial score (nSPS) is 19.6. The number of aromatic nitrogens is 1. The van der Waals surface area contributed by atoms with Crippen LogP contribution in [0.5, 0.6) is 0 Å². The average Bonchev–Trinajstić information content (AvgIpc) is 3.01. The minimum absolute atomic E-state index is 0.608. The molecule has 1 aromatic carbocycles. The number of nitrogens with one attached hydrogen (secondary N) is 1. The molecule has 0 spiro atoms. The van der Waals surface area contributed by atoms with Gasteiger partial charge < -0.3 is 14.8 Å². The highest BCUT2D eigenvalue weighted by Crippen LogP contribution is 2.40. The van der Waals surface area contributed by atoms with Crippen molar-refractivity contribution in [2.45, 2.75) is 52.5 Å². The largest absolute Gasteiger partial charge is 0.388 e. The first-order valence-corrected chi connectivity index (χ1v) is 11.6. The molecule has 1 fully saturated rings. The zero-order valence-electron chi connectivity index (χ0n) is 19.1. The number of fused-ring (bicyclic) bond motifs is 1. The lowest BCUT2D eigenvalue weighted by Crippen LogP contribution is -2.35. The van der Waals surface area contributed by atoms with E-state index >= 15 is 0 Å². The van der Waals surface area contributed by atoms with Gasteiger partial charge in [0.2, 0.25) is 0 Å². The Morgan fingerprint density at radius 1 is 1.10 bits per heavy atom. The summed E-state index contributed by atoms with van der Waals surface area (Å²) in [5.74, 6) is 0.608. The van der Waals surface area contributed by atoms with Gasteiger partial charge in [0.1, 0.15) is 0 Å². The molecule has 1 saturated heterocycles. The highest BCUT2D eigenvalue weighted by atomic mass is 15.1. The molecule has 1 unspecified atom stereocenters. The smallest absolute Gasteiger partial charge is 0.0475 e. The first-order valence-electron chi connectivity index (χ1n) is 11.6. The molecule has 30 heavy (non-hydrogen) atoms. The second kappa shape index (κ2) is 8.85. The first kappa shape index (κ1) is 21.0. The summed E-state index contributed by atoms with van der Waals surface area (Å²) in [6, 6.07) is 8.80. The molecule has 160 valence electrons. The van der Waals surface area contributed by atoms with Crippen LogP contribution in [0.1, 0.15) is 59.3 Å². The molecule has 0 bridgehead atoms. The van der Waals surface area contributed by atoms with Crippen LogP contribution in [0, 0.1) is 19.8 Å². The topological polar surface area (TPSA) is 20.2 Å². The lowest BCUT2D eigenvalue weighted by atomic mass is 9.81. The fourth-order valence-electron chi connectivity index (χ4n) is 5.32. The molecule has 3 nitrogen and oxygen atoms in total. The van der Waals surface area contributed by atoms with Gasteiger partial charge in [0.15, 0.2) is 0 Å². The summed E-state index contributed by atoms with van der Waals surface area (Å²) in [6.07, 6.45) is 6.51. The van der Waals surface area contributed by atoms with Gasteiger partial charge in [0.05, 0.1) is 0 Å². The molecule has 0 amide bonds. The van der Waals surface area contributed by atoms with E-state index in [1.807, 2.05) is 7.05 Å². The number of hydrogen-bond donors (Lipinski definition) is 1. The van der Waals surface area contributed by atoms with Crippen LogP contribution in [0.15, 0.2) is 37.4 Å². The van der Waals surface area contributed by atoms with Crippen molar-refractivity contribution in [2.75, 3.05) is 26.7 Å². The van der Waals surface area contributed by atoms with Gasteiger partial charge in [-0.05, 0) is 80.8 Å². The van der Waals surface area contributed by atoms with E-state index in [9.17, 15) is 0 Å². The van der Waals surface area contributed by atoms with Crippen molar-refractivity contribution in [3.8, 4) is 0 Å². The number of benzene rings is 1. The van der Waals surface area contributed by atoms with E-state index in [-0.39, 0.29) is 0 Å². The Morgan fingerprint density at radius 3 is 2.47 bits per heavy atom. The van der Waals surface area contributed by atoms with Crippen LogP contribution in [0.2, 0.25) is 0 Å². The molecule has 3 heteroatoms. The van der Waals surface area contributed by atoms with Crippen molar-refractivity contribution < 1.29 is 0 Å². The van der Waals surface area contributed by atoms with Crippen molar-refractivity contribution in [2.24, 2.45) is 5.92 Å². The third-order valence-electron chi connectivity index (χ3n) is 7.35. The summed E-state index contributed by atoms with van der Waals surface area (Å²) >= 11 is 0. The summed E-state index contributed by atoms with van der Waals surface area (Å²) in [6.45, 7) is 17.9. The van der Waals surface area contributed by atoms with E-state index in [2.05, 4.69) is 66.1 Å². The fraction of sp³-hybridized carbons (Fsp3) is 0.481. The molecule has 2 aliphatic rings. The van der Waals surface area contributed by atoms with Gasteiger partial charge in [-0.15, -0.1) is 0 Å².